The number of amides is 1. The van der Waals surface area contributed by atoms with Gasteiger partial charge in [0, 0.05) is 32.2 Å². The summed E-state index contributed by atoms with van der Waals surface area (Å²) in [5, 5.41) is 3.14. The highest BCUT2D eigenvalue weighted by molar-refractivity contribution is 5.80. The number of nitrogens with one attached hydrogen (secondary N) is 1. The maximum atomic E-state index is 11.9. The molecule has 1 amide bonds. The summed E-state index contributed by atoms with van der Waals surface area (Å²) in [7, 11) is 0. The van der Waals surface area contributed by atoms with Crippen LogP contribution in [0, 0.1) is 11.8 Å². The van der Waals surface area contributed by atoms with Gasteiger partial charge in [-0.1, -0.05) is 0 Å². The first-order valence-electron chi connectivity index (χ1n) is 5.93. The van der Waals surface area contributed by atoms with Crippen LogP contribution in [0.25, 0.3) is 0 Å². The third kappa shape index (κ3) is 2.32. The number of hydrogen-bond donors (Lipinski definition) is 2. The molecule has 2 heterocycles. The van der Waals surface area contributed by atoms with Gasteiger partial charge in [-0.3, -0.25) is 4.79 Å². The van der Waals surface area contributed by atoms with Crippen LogP contribution >= 0.6 is 0 Å². The Morgan fingerprint density at radius 1 is 1.40 bits per heavy atom. The minimum Gasteiger partial charge on any atom is -0.342 e. The molecule has 4 nitrogen and oxygen atoms in total. The molecule has 4 heteroatoms. The van der Waals surface area contributed by atoms with Crippen molar-refractivity contribution in [3.63, 3.8) is 0 Å². The fraction of sp³-hybridized carbons (Fsp3) is 0.909. The molecule has 2 aliphatic heterocycles. The molecule has 0 aromatic rings. The molecule has 0 saturated carbocycles. The summed E-state index contributed by atoms with van der Waals surface area (Å²) in [4.78, 5) is 13.9. The lowest BCUT2D eigenvalue weighted by atomic mass is 9.90. The Morgan fingerprint density at radius 2 is 2.00 bits per heavy atom. The summed E-state index contributed by atoms with van der Waals surface area (Å²) in [6, 6.07) is 0.271. The normalized spacial score (nSPS) is 26.1. The van der Waals surface area contributed by atoms with Gasteiger partial charge in [0.05, 0.1) is 5.92 Å². The van der Waals surface area contributed by atoms with E-state index in [-0.39, 0.29) is 12.0 Å². The van der Waals surface area contributed by atoms with E-state index in [9.17, 15) is 4.79 Å². The summed E-state index contributed by atoms with van der Waals surface area (Å²) >= 11 is 0. The molecule has 0 spiro atoms. The van der Waals surface area contributed by atoms with E-state index < -0.39 is 0 Å². The Hall–Kier alpha value is -0.610. The highest BCUT2D eigenvalue weighted by Crippen LogP contribution is 2.21. The van der Waals surface area contributed by atoms with Crippen molar-refractivity contribution in [2.45, 2.75) is 25.8 Å². The van der Waals surface area contributed by atoms with Crippen LogP contribution in [0.3, 0.4) is 0 Å². The zero-order chi connectivity index (χ0) is 10.8. The van der Waals surface area contributed by atoms with E-state index >= 15 is 0 Å². The van der Waals surface area contributed by atoms with E-state index in [2.05, 4.69) is 12.2 Å². The largest absolute Gasteiger partial charge is 0.342 e. The lowest BCUT2D eigenvalue weighted by molar-refractivity contribution is -0.138. The third-order valence-electron chi connectivity index (χ3n) is 3.73. The van der Waals surface area contributed by atoms with Gasteiger partial charge in [0.1, 0.15) is 0 Å². The van der Waals surface area contributed by atoms with Crippen molar-refractivity contribution in [1.29, 1.82) is 0 Å². The van der Waals surface area contributed by atoms with E-state index in [1.165, 1.54) is 0 Å². The van der Waals surface area contributed by atoms with Crippen LogP contribution in [0.2, 0.25) is 0 Å². The molecule has 1 atom stereocenters. The van der Waals surface area contributed by atoms with Crippen LogP contribution in [0.4, 0.5) is 0 Å². The van der Waals surface area contributed by atoms with Gasteiger partial charge in [0.2, 0.25) is 5.91 Å². The number of carbonyl (C=O) groups excluding carboxylic acids is 1. The Kier molecular flexibility index (Phi) is 3.26. The summed E-state index contributed by atoms with van der Waals surface area (Å²) in [6.07, 6.45) is 2.15. The number of rotatable bonds is 2. The van der Waals surface area contributed by atoms with E-state index in [1.807, 2.05) is 4.90 Å². The molecular weight excluding hydrogens is 190 g/mol. The van der Waals surface area contributed by atoms with Gasteiger partial charge in [-0.2, -0.15) is 0 Å². The molecule has 3 N–H and O–H groups in total. The maximum absolute atomic E-state index is 11.9. The lowest BCUT2D eigenvalue weighted by Gasteiger charge is -2.37. The summed E-state index contributed by atoms with van der Waals surface area (Å²) in [5.74, 6) is 1.20. The van der Waals surface area contributed by atoms with Gasteiger partial charge in [-0.05, 0) is 25.7 Å². The molecule has 1 unspecified atom stereocenters. The molecule has 2 aliphatic rings. The van der Waals surface area contributed by atoms with Crippen LogP contribution in [0.5, 0.6) is 0 Å². The molecule has 0 bridgehead atoms. The second kappa shape index (κ2) is 4.49. The van der Waals surface area contributed by atoms with Crippen molar-refractivity contribution in [2.75, 3.05) is 26.2 Å². The summed E-state index contributed by atoms with van der Waals surface area (Å²) in [6.45, 7) is 5.61. The Labute approximate surface area is 91.2 Å². The molecule has 0 radical (unpaired) electrons. The summed E-state index contributed by atoms with van der Waals surface area (Å²) < 4.78 is 0. The van der Waals surface area contributed by atoms with E-state index in [0.717, 1.165) is 39.0 Å². The molecule has 2 rings (SSSR count). The Balaban J connectivity index is 1.79. The molecule has 2 fully saturated rings. The number of carbonyl (C=O) groups is 1. The highest BCUT2D eigenvalue weighted by Gasteiger charge is 2.31. The minimum atomic E-state index is 0.247. The van der Waals surface area contributed by atoms with Crippen molar-refractivity contribution in [3.05, 3.63) is 0 Å². The predicted molar refractivity (Wildman–Crippen MR) is 59.3 cm³/mol. The number of nitrogens with two attached hydrogens (primary N) is 1. The average Bonchev–Trinajstić information content (AvgIpc) is 2.15. The molecule has 0 aromatic carbocycles. The summed E-state index contributed by atoms with van der Waals surface area (Å²) in [5.41, 5.74) is 5.87. The first kappa shape index (κ1) is 10.9. The minimum absolute atomic E-state index is 0.247. The fourth-order valence-electron chi connectivity index (χ4n) is 2.37. The maximum Gasteiger partial charge on any atom is 0.228 e. The average molecular weight is 211 g/mol. The predicted octanol–water partition coefficient (Wildman–Crippen LogP) is -0.208. The Morgan fingerprint density at radius 3 is 2.40 bits per heavy atom. The second-order valence-electron chi connectivity index (χ2n) is 4.88. The van der Waals surface area contributed by atoms with Gasteiger partial charge < -0.3 is 16.0 Å². The number of piperidine rings is 1. The fourth-order valence-corrected chi connectivity index (χ4v) is 2.37. The van der Waals surface area contributed by atoms with Crippen LogP contribution in [0.1, 0.15) is 19.8 Å². The molecule has 15 heavy (non-hydrogen) atoms. The highest BCUT2D eigenvalue weighted by atomic mass is 16.2. The zero-order valence-corrected chi connectivity index (χ0v) is 9.41. The Bertz CT molecular complexity index is 230. The van der Waals surface area contributed by atoms with Crippen molar-refractivity contribution >= 4 is 5.91 Å². The first-order valence-corrected chi connectivity index (χ1v) is 5.93. The molecule has 2 saturated heterocycles. The van der Waals surface area contributed by atoms with Crippen LogP contribution in [0.15, 0.2) is 0 Å². The van der Waals surface area contributed by atoms with Crippen molar-refractivity contribution in [3.8, 4) is 0 Å². The van der Waals surface area contributed by atoms with Gasteiger partial charge in [-0.15, -0.1) is 0 Å². The van der Waals surface area contributed by atoms with Crippen molar-refractivity contribution in [2.24, 2.45) is 17.6 Å². The molecule has 86 valence electrons. The SMILES string of the molecule is CC(N)C1CCN(C(=O)C2CNC2)CC1. The van der Waals surface area contributed by atoms with Crippen molar-refractivity contribution < 1.29 is 4.79 Å². The number of likely N-dealkylation sites (tertiary alicyclic amines) is 1. The second-order valence-corrected chi connectivity index (χ2v) is 4.88. The number of hydrogen-bond acceptors (Lipinski definition) is 3. The lowest BCUT2D eigenvalue weighted by Crippen LogP contribution is -2.54. The van der Waals surface area contributed by atoms with Gasteiger partial charge in [0.15, 0.2) is 0 Å². The van der Waals surface area contributed by atoms with E-state index in [1.54, 1.807) is 0 Å². The topological polar surface area (TPSA) is 58.4 Å². The quantitative estimate of drug-likeness (QED) is 0.664. The van der Waals surface area contributed by atoms with Gasteiger partial charge in [0.25, 0.3) is 0 Å². The van der Waals surface area contributed by atoms with Gasteiger partial charge in [-0.25, -0.2) is 0 Å². The molecule has 0 aromatic heterocycles. The van der Waals surface area contributed by atoms with Gasteiger partial charge >= 0.3 is 0 Å². The van der Waals surface area contributed by atoms with Crippen molar-refractivity contribution in [1.82, 2.24) is 10.2 Å². The van der Waals surface area contributed by atoms with Crippen LogP contribution in [-0.2, 0) is 4.79 Å². The zero-order valence-electron chi connectivity index (χ0n) is 9.41. The monoisotopic (exact) mass is 211 g/mol. The third-order valence-corrected chi connectivity index (χ3v) is 3.73. The van der Waals surface area contributed by atoms with E-state index in [0.29, 0.717) is 11.8 Å². The first-order chi connectivity index (χ1) is 7.18. The standard InChI is InChI=1S/C11H21N3O/c1-8(12)9-2-4-14(5-3-9)11(15)10-6-13-7-10/h8-10,13H,2-7,12H2,1H3. The van der Waals surface area contributed by atoms with E-state index in [4.69, 9.17) is 5.73 Å². The molecule has 0 aliphatic carbocycles. The smallest absolute Gasteiger partial charge is 0.228 e. The molecular formula is C11H21N3O. The number of nitrogens with zero attached hydrogens (tertiary/aromatic N) is 1. The van der Waals surface area contributed by atoms with Crippen LogP contribution < -0.4 is 11.1 Å². The van der Waals surface area contributed by atoms with Crippen LogP contribution in [-0.4, -0.2) is 43.0 Å².